The number of esters is 1. The summed E-state index contributed by atoms with van der Waals surface area (Å²) in [6.45, 7) is 0.0159. The second-order valence-corrected chi connectivity index (χ2v) is 6.40. The molecular formula is C12H16N2O6S. The van der Waals surface area contributed by atoms with E-state index in [1.54, 1.807) is 0 Å². The van der Waals surface area contributed by atoms with Gasteiger partial charge in [0.1, 0.15) is 0 Å². The minimum Gasteiger partial charge on any atom is -0.469 e. The van der Waals surface area contributed by atoms with E-state index in [0.29, 0.717) is 5.56 Å². The van der Waals surface area contributed by atoms with Crippen LogP contribution in [0.1, 0.15) is 12.0 Å². The highest BCUT2D eigenvalue weighted by Crippen LogP contribution is 2.15. The van der Waals surface area contributed by atoms with Gasteiger partial charge in [0.25, 0.3) is 5.69 Å². The molecule has 0 saturated heterocycles. The van der Waals surface area contributed by atoms with Crippen molar-refractivity contribution in [3.8, 4) is 0 Å². The van der Waals surface area contributed by atoms with Crippen LogP contribution in [0.15, 0.2) is 24.3 Å². The number of nitro groups is 1. The topological polar surface area (TPSA) is 107 Å². The summed E-state index contributed by atoms with van der Waals surface area (Å²) in [5.41, 5.74) is 0.334. The maximum Gasteiger partial charge on any atom is 0.306 e. The number of sulfonamides is 1. The van der Waals surface area contributed by atoms with Crippen molar-refractivity contribution in [2.75, 3.05) is 20.7 Å². The number of nitrogens with zero attached hydrogens (tertiary/aromatic N) is 2. The molecule has 9 heteroatoms. The molecule has 116 valence electrons. The molecule has 0 aliphatic heterocycles. The second kappa shape index (κ2) is 7.14. The second-order valence-electron chi connectivity index (χ2n) is 4.33. The quantitative estimate of drug-likeness (QED) is 0.420. The normalized spacial score (nSPS) is 11.4. The zero-order chi connectivity index (χ0) is 16.0. The first-order chi connectivity index (χ1) is 9.76. The van der Waals surface area contributed by atoms with E-state index in [0.717, 1.165) is 4.31 Å². The van der Waals surface area contributed by atoms with Crippen molar-refractivity contribution >= 4 is 21.7 Å². The number of carbonyl (C=O) groups is 1. The van der Waals surface area contributed by atoms with Crippen molar-refractivity contribution in [1.82, 2.24) is 4.31 Å². The Bertz CT molecular complexity index is 611. The molecule has 0 amide bonds. The summed E-state index contributed by atoms with van der Waals surface area (Å²) >= 11 is 0. The van der Waals surface area contributed by atoms with Gasteiger partial charge in [-0.2, -0.15) is 0 Å². The van der Waals surface area contributed by atoms with Crippen molar-refractivity contribution in [2.24, 2.45) is 0 Å². The van der Waals surface area contributed by atoms with Crippen LogP contribution in [0.25, 0.3) is 0 Å². The summed E-state index contributed by atoms with van der Waals surface area (Å²) in [6.07, 6.45) is -0.0352. The van der Waals surface area contributed by atoms with Gasteiger partial charge in [-0.1, -0.05) is 12.1 Å². The smallest absolute Gasteiger partial charge is 0.306 e. The minimum absolute atomic E-state index is 0.0159. The molecule has 1 aromatic carbocycles. The zero-order valence-electron chi connectivity index (χ0n) is 11.7. The lowest BCUT2D eigenvalue weighted by Crippen LogP contribution is -2.30. The van der Waals surface area contributed by atoms with Crippen LogP contribution in [0.3, 0.4) is 0 Å². The van der Waals surface area contributed by atoms with Gasteiger partial charge in [-0.3, -0.25) is 14.9 Å². The van der Waals surface area contributed by atoms with Gasteiger partial charge in [-0.25, -0.2) is 12.7 Å². The molecule has 1 aromatic rings. The lowest BCUT2D eigenvalue weighted by Gasteiger charge is -2.16. The molecule has 0 fully saturated rings. The number of benzene rings is 1. The fourth-order valence-electron chi connectivity index (χ4n) is 1.52. The molecule has 0 aromatic heterocycles. The highest BCUT2D eigenvalue weighted by molar-refractivity contribution is 7.88. The summed E-state index contributed by atoms with van der Waals surface area (Å²) in [4.78, 5) is 21.0. The van der Waals surface area contributed by atoms with Gasteiger partial charge in [-0.15, -0.1) is 0 Å². The number of hydrogen-bond donors (Lipinski definition) is 0. The first-order valence-corrected chi connectivity index (χ1v) is 7.61. The average molecular weight is 316 g/mol. The highest BCUT2D eigenvalue weighted by Gasteiger charge is 2.20. The van der Waals surface area contributed by atoms with Crippen molar-refractivity contribution in [2.45, 2.75) is 12.2 Å². The van der Waals surface area contributed by atoms with E-state index in [1.165, 1.54) is 38.4 Å². The van der Waals surface area contributed by atoms with Crippen molar-refractivity contribution < 1.29 is 22.9 Å². The van der Waals surface area contributed by atoms with Crippen molar-refractivity contribution in [1.29, 1.82) is 0 Å². The Labute approximate surface area is 122 Å². The standard InChI is InChI=1S/C12H16N2O6S/c1-13(8-7-12(15)20-2)21(18,19)9-10-3-5-11(6-4-10)14(16)17/h3-6H,7-9H2,1-2H3. The number of hydrogen-bond acceptors (Lipinski definition) is 6. The largest absolute Gasteiger partial charge is 0.469 e. The van der Waals surface area contributed by atoms with E-state index in [1.807, 2.05) is 0 Å². The Kier molecular flexibility index (Phi) is 5.79. The number of rotatable bonds is 7. The Morgan fingerprint density at radius 1 is 1.33 bits per heavy atom. The molecule has 0 saturated carbocycles. The summed E-state index contributed by atoms with van der Waals surface area (Å²) in [5, 5.41) is 10.5. The summed E-state index contributed by atoms with van der Waals surface area (Å²) in [7, 11) is -1.00. The first-order valence-electron chi connectivity index (χ1n) is 6.00. The third-order valence-corrected chi connectivity index (χ3v) is 4.66. The molecule has 0 radical (unpaired) electrons. The van der Waals surface area contributed by atoms with Gasteiger partial charge < -0.3 is 4.74 Å². The van der Waals surface area contributed by atoms with Crippen molar-refractivity contribution in [3.63, 3.8) is 0 Å². The predicted octanol–water partition coefficient (Wildman–Crippen LogP) is 0.919. The molecule has 0 aliphatic carbocycles. The van der Waals surface area contributed by atoms with E-state index in [2.05, 4.69) is 4.74 Å². The number of nitro benzene ring substituents is 1. The van der Waals surface area contributed by atoms with Crippen LogP contribution in [0.4, 0.5) is 5.69 Å². The molecule has 0 aliphatic rings. The van der Waals surface area contributed by atoms with Crippen LogP contribution >= 0.6 is 0 Å². The van der Waals surface area contributed by atoms with Gasteiger partial charge >= 0.3 is 5.97 Å². The van der Waals surface area contributed by atoms with Gasteiger partial charge in [0, 0.05) is 25.7 Å². The zero-order valence-corrected chi connectivity index (χ0v) is 12.5. The van der Waals surface area contributed by atoms with E-state index in [9.17, 15) is 23.3 Å². The highest BCUT2D eigenvalue weighted by atomic mass is 32.2. The van der Waals surface area contributed by atoms with Gasteiger partial charge in [0.15, 0.2) is 0 Å². The van der Waals surface area contributed by atoms with Crippen LogP contribution in [0, 0.1) is 10.1 Å². The SMILES string of the molecule is COC(=O)CCN(C)S(=O)(=O)Cc1ccc([N+](=O)[O-])cc1. The maximum absolute atomic E-state index is 12.1. The van der Waals surface area contributed by atoms with Crippen LogP contribution in [0.2, 0.25) is 0 Å². The minimum atomic E-state index is -3.59. The molecular weight excluding hydrogens is 300 g/mol. The fraction of sp³-hybridized carbons (Fsp3) is 0.417. The number of non-ortho nitro benzene ring substituents is 1. The third kappa shape index (κ3) is 5.12. The molecule has 0 bridgehead atoms. The Morgan fingerprint density at radius 2 is 1.90 bits per heavy atom. The molecule has 0 spiro atoms. The fourth-order valence-corrected chi connectivity index (χ4v) is 2.73. The summed E-state index contributed by atoms with van der Waals surface area (Å²) in [6, 6.07) is 5.28. The van der Waals surface area contributed by atoms with E-state index in [-0.39, 0.29) is 24.4 Å². The van der Waals surface area contributed by atoms with Gasteiger partial charge in [-0.05, 0) is 5.56 Å². The maximum atomic E-state index is 12.1. The summed E-state index contributed by atoms with van der Waals surface area (Å²) in [5.74, 6) is -0.782. The molecule has 1 rings (SSSR count). The molecule has 0 N–H and O–H groups in total. The monoisotopic (exact) mass is 316 g/mol. The van der Waals surface area contributed by atoms with Crippen LogP contribution in [-0.4, -0.2) is 44.3 Å². The Morgan fingerprint density at radius 3 is 2.38 bits per heavy atom. The lowest BCUT2D eigenvalue weighted by atomic mass is 10.2. The van der Waals surface area contributed by atoms with Gasteiger partial charge in [0.05, 0.1) is 24.2 Å². The van der Waals surface area contributed by atoms with Crippen LogP contribution < -0.4 is 0 Å². The molecule has 21 heavy (non-hydrogen) atoms. The average Bonchev–Trinajstić information content (AvgIpc) is 2.44. The van der Waals surface area contributed by atoms with E-state index >= 15 is 0 Å². The number of carbonyl (C=O) groups excluding carboxylic acids is 1. The third-order valence-electron chi connectivity index (χ3n) is 2.83. The van der Waals surface area contributed by atoms with E-state index < -0.39 is 20.9 Å². The molecule has 0 atom stereocenters. The predicted molar refractivity (Wildman–Crippen MR) is 75.0 cm³/mol. The molecule has 8 nitrogen and oxygen atoms in total. The Hall–Kier alpha value is -2.00. The summed E-state index contributed by atoms with van der Waals surface area (Å²) < 4.78 is 29.6. The van der Waals surface area contributed by atoms with E-state index in [4.69, 9.17) is 0 Å². The van der Waals surface area contributed by atoms with Gasteiger partial charge in [0.2, 0.25) is 10.0 Å². The van der Waals surface area contributed by atoms with Crippen molar-refractivity contribution in [3.05, 3.63) is 39.9 Å². The molecule has 0 unspecified atom stereocenters. The number of methoxy groups -OCH3 is 1. The van der Waals surface area contributed by atoms with Crippen LogP contribution in [-0.2, 0) is 25.3 Å². The van der Waals surface area contributed by atoms with Crippen LogP contribution in [0.5, 0.6) is 0 Å². The molecule has 0 heterocycles. The Balaban J connectivity index is 2.70. The lowest BCUT2D eigenvalue weighted by molar-refractivity contribution is -0.384. The number of ether oxygens (including phenoxy) is 1. The first kappa shape index (κ1) is 17.1.